The van der Waals surface area contributed by atoms with E-state index in [0.29, 0.717) is 27.6 Å². The molecule has 0 bridgehead atoms. The second-order valence-corrected chi connectivity index (χ2v) is 5.12. The van der Waals surface area contributed by atoms with Crippen LogP contribution in [-0.4, -0.2) is 22.8 Å². The minimum Gasteiger partial charge on any atom is -0.272 e. The van der Waals surface area contributed by atoms with Crippen LogP contribution in [0.15, 0.2) is 35.4 Å². The zero-order chi connectivity index (χ0) is 15.1. The van der Waals surface area contributed by atoms with Crippen molar-refractivity contribution in [2.45, 2.75) is 19.9 Å². The lowest BCUT2D eigenvalue weighted by molar-refractivity contribution is 0.0564. The minimum atomic E-state index is -0.314. The van der Waals surface area contributed by atoms with Gasteiger partial charge in [-0.2, -0.15) is 0 Å². The normalized spacial score (nSPS) is 13.8. The maximum Gasteiger partial charge on any atom is 0.261 e. The molecule has 0 saturated heterocycles. The van der Waals surface area contributed by atoms with Crippen molar-refractivity contribution < 1.29 is 9.59 Å². The van der Waals surface area contributed by atoms with Crippen LogP contribution < -0.4 is 0 Å². The lowest BCUT2D eigenvalue weighted by atomic mass is 9.92. The molecule has 1 aliphatic heterocycles. The third-order valence-electron chi connectivity index (χ3n) is 3.58. The monoisotopic (exact) mass is 280 g/mol. The average Bonchev–Trinajstić information content (AvgIpc) is 2.45. The van der Waals surface area contributed by atoms with Crippen molar-refractivity contribution in [3.8, 4) is 0 Å². The van der Waals surface area contributed by atoms with Gasteiger partial charge in [0.25, 0.3) is 11.8 Å². The second-order valence-electron chi connectivity index (χ2n) is 5.12. The number of amides is 2. The van der Waals surface area contributed by atoms with Crippen molar-refractivity contribution in [1.82, 2.24) is 4.90 Å². The number of carbonyl (C=O) groups is 2. The third-order valence-corrected chi connectivity index (χ3v) is 3.58. The SMILES string of the molecule is CC(C)N1C(=O)c2cccc3c(N=[N+]=[N-])ccc(c23)C1=O. The zero-order valence-corrected chi connectivity index (χ0v) is 11.6. The van der Waals surface area contributed by atoms with Gasteiger partial charge in [-0.3, -0.25) is 14.5 Å². The van der Waals surface area contributed by atoms with Gasteiger partial charge in [-0.05, 0) is 36.9 Å². The van der Waals surface area contributed by atoms with Gasteiger partial charge in [0.15, 0.2) is 0 Å². The van der Waals surface area contributed by atoms with E-state index in [9.17, 15) is 9.59 Å². The lowest BCUT2D eigenvalue weighted by Crippen LogP contribution is -2.44. The Kier molecular flexibility index (Phi) is 2.89. The summed E-state index contributed by atoms with van der Waals surface area (Å²) in [6.45, 7) is 3.60. The maximum absolute atomic E-state index is 12.5. The average molecular weight is 280 g/mol. The number of imide groups is 1. The summed E-state index contributed by atoms with van der Waals surface area (Å²) in [6.07, 6.45) is 0. The summed E-state index contributed by atoms with van der Waals surface area (Å²) >= 11 is 0. The smallest absolute Gasteiger partial charge is 0.261 e. The van der Waals surface area contributed by atoms with E-state index in [0.717, 1.165) is 0 Å². The van der Waals surface area contributed by atoms with E-state index in [4.69, 9.17) is 5.53 Å². The minimum absolute atomic E-state index is 0.217. The highest BCUT2D eigenvalue weighted by atomic mass is 16.2. The van der Waals surface area contributed by atoms with E-state index >= 15 is 0 Å². The van der Waals surface area contributed by atoms with Crippen molar-refractivity contribution in [1.29, 1.82) is 0 Å². The van der Waals surface area contributed by atoms with Crippen LogP contribution in [0, 0.1) is 0 Å². The Morgan fingerprint density at radius 1 is 1.10 bits per heavy atom. The molecule has 2 aromatic carbocycles. The molecule has 2 aromatic rings. The molecule has 0 radical (unpaired) electrons. The lowest BCUT2D eigenvalue weighted by Gasteiger charge is -2.30. The number of azide groups is 1. The molecule has 0 fully saturated rings. The van der Waals surface area contributed by atoms with Gasteiger partial charge in [-0.25, -0.2) is 0 Å². The fourth-order valence-electron chi connectivity index (χ4n) is 2.70. The van der Waals surface area contributed by atoms with Crippen LogP contribution in [0.25, 0.3) is 21.2 Å². The molecule has 0 aromatic heterocycles. The summed E-state index contributed by atoms with van der Waals surface area (Å²) in [5.74, 6) is -0.627. The summed E-state index contributed by atoms with van der Waals surface area (Å²) in [4.78, 5) is 29.1. The first kappa shape index (κ1) is 13.1. The molecule has 0 N–H and O–H groups in total. The molecular weight excluding hydrogens is 268 g/mol. The van der Waals surface area contributed by atoms with E-state index < -0.39 is 0 Å². The van der Waals surface area contributed by atoms with Crippen molar-refractivity contribution in [2.75, 3.05) is 0 Å². The summed E-state index contributed by atoms with van der Waals surface area (Å²) < 4.78 is 0. The van der Waals surface area contributed by atoms with E-state index in [-0.39, 0.29) is 17.9 Å². The molecule has 0 unspecified atom stereocenters. The second kappa shape index (κ2) is 4.61. The van der Waals surface area contributed by atoms with Gasteiger partial charge in [0.1, 0.15) is 0 Å². The maximum atomic E-state index is 12.5. The van der Waals surface area contributed by atoms with Crippen molar-refractivity contribution in [2.24, 2.45) is 5.11 Å². The standard InChI is InChI=1S/C15H12N4O2/c1-8(2)19-14(20)10-5-3-4-9-12(17-18-16)7-6-11(13(9)10)15(19)21/h3-8H,1-2H3. The van der Waals surface area contributed by atoms with Crippen LogP contribution in [0.2, 0.25) is 0 Å². The molecule has 1 aliphatic rings. The Bertz CT molecular complexity index is 813. The topological polar surface area (TPSA) is 86.1 Å². The summed E-state index contributed by atoms with van der Waals surface area (Å²) in [5.41, 5.74) is 9.96. The number of nitrogens with zero attached hydrogens (tertiary/aromatic N) is 4. The number of hydrogen-bond donors (Lipinski definition) is 0. The summed E-state index contributed by atoms with van der Waals surface area (Å²) in [7, 11) is 0. The highest BCUT2D eigenvalue weighted by Crippen LogP contribution is 2.36. The molecule has 0 spiro atoms. The van der Waals surface area contributed by atoms with Crippen molar-refractivity contribution in [3.63, 3.8) is 0 Å². The number of carbonyl (C=O) groups excluding carboxylic acids is 2. The Labute approximate surface area is 120 Å². The fourth-order valence-corrected chi connectivity index (χ4v) is 2.70. The van der Waals surface area contributed by atoms with Crippen LogP contribution in [0.4, 0.5) is 5.69 Å². The quantitative estimate of drug-likeness (QED) is 0.362. The predicted octanol–water partition coefficient (Wildman–Crippen LogP) is 3.79. The molecule has 21 heavy (non-hydrogen) atoms. The van der Waals surface area contributed by atoms with Crippen molar-refractivity contribution in [3.05, 3.63) is 51.9 Å². The van der Waals surface area contributed by atoms with Gasteiger partial charge in [0.05, 0.1) is 0 Å². The van der Waals surface area contributed by atoms with Crippen LogP contribution in [-0.2, 0) is 0 Å². The first-order valence-corrected chi connectivity index (χ1v) is 6.55. The molecule has 104 valence electrons. The molecular formula is C15H12N4O2. The number of rotatable bonds is 2. The Morgan fingerprint density at radius 3 is 2.38 bits per heavy atom. The van der Waals surface area contributed by atoms with Gasteiger partial charge >= 0.3 is 0 Å². The fraction of sp³-hybridized carbons (Fsp3) is 0.200. The first-order valence-electron chi connectivity index (χ1n) is 6.55. The molecule has 0 aliphatic carbocycles. The van der Waals surface area contributed by atoms with E-state index in [1.165, 1.54) is 4.90 Å². The molecule has 2 amide bonds. The summed E-state index contributed by atoms with van der Waals surface area (Å²) in [5, 5.41) is 4.81. The Hall–Kier alpha value is -2.85. The Morgan fingerprint density at radius 2 is 1.76 bits per heavy atom. The van der Waals surface area contributed by atoms with E-state index in [1.807, 2.05) is 0 Å². The van der Waals surface area contributed by atoms with Crippen LogP contribution in [0.5, 0.6) is 0 Å². The highest BCUT2D eigenvalue weighted by Gasteiger charge is 2.34. The van der Waals surface area contributed by atoms with Gasteiger partial charge in [0, 0.05) is 33.2 Å². The number of hydrogen-bond acceptors (Lipinski definition) is 3. The van der Waals surface area contributed by atoms with Gasteiger partial charge in [-0.15, -0.1) is 0 Å². The van der Waals surface area contributed by atoms with Crippen LogP contribution in [0.1, 0.15) is 34.6 Å². The largest absolute Gasteiger partial charge is 0.272 e. The summed E-state index contributed by atoms with van der Waals surface area (Å²) in [6, 6.07) is 8.16. The molecule has 0 atom stereocenters. The number of benzene rings is 2. The van der Waals surface area contributed by atoms with Crippen LogP contribution >= 0.6 is 0 Å². The molecule has 1 heterocycles. The van der Waals surface area contributed by atoms with Crippen LogP contribution in [0.3, 0.4) is 0 Å². The molecule has 3 rings (SSSR count). The highest BCUT2D eigenvalue weighted by molar-refractivity contribution is 6.26. The predicted molar refractivity (Wildman–Crippen MR) is 78.4 cm³/mol. The molecule has 0 saturated carbocycles. The molecule has 6 nitrogen and oxygen atoms in total. The van der Waals surface area contributed by atoms with Gasteiger partial charge < -0.3 is 0 Å². The third kappa shape index (κ3) is 1.77. The van der Waals surface area contributed by atoms with Crippen molar-refractivity contribution >= 4 is 28.3 Å². The van der Waals surface area contributed by atoms with E-state index in [2.05, 4.69) is 10.0 Å². The van der Waals surface area contributed by atoms with Gasteiger partial charge in [0.2, 0.25) is 0 Å². The van der Waals surface area contributed by atoms with Gasteiger partial charge in [-0.1, -0.05) is 23.3 Å². The first-order chi connectivity index (χ1) is 10.1. The molecule has 6 heteroatoms. The Balaban J connectivity index is 2.41. The van der Waals surface area contributed by atoms with E-state index in [1.54, 1.807) is 44.2 Å². The zero-order valence-electron chi connectivity index (χ0n) is 11.6.